The Kier molecular flexibility index (Phi) is 384. The molecule has 6 heavy (non-hydrogen) atoms. The molecule has 0 atom stereocenters. The van der Waals surface area contributed by atoms with Crippen molar-refractivity contribution >= 4 is 23.1 Å². The largest absolute Gasteiger partial charge is 2.00 e. The molecular formula is C2H5Br2CuMg. The second-order valence-electron chi connectivity index (χ2n) is 0. The van der Waals surface area contributed by atoms with Crippen LogP contribution in [0.5, 0.6) is 0 Å². The SMILES string of the molecule is [Br-].[Br-].[CH2-]C.[Cu+].[Mg+2]. The van der Waals surface area contributed by atoms with Crippen LogP contribution in [-0.2, 0) is 17.1 Å². The first kappa shape index (κ1) is 41.1. The second kappa shape index (κ2) is 56.0. The minimum Gasteiger partial charge on any atom is -1.00 e. The zero-order valence-electron chi connectivity index (χ0n) is 3.47. The van der Waals surface area contributed by atoms with Crippen LogP contribution >= 0.6 is 0 Å². The maximum absolute atomic E-state index is 3.25. The van der Waals surface area contributed by atoms with Gasteiger partial charge in [0.1, 0.15) is 0 Å². The molecule has 40 valence electrons. The molecule has 0 bridgehead atoms. The summed E-state index contributed by atoms with van der Waals surface area (Å²) in [5, 5.41) is 0. The summed E-state index contributed by atoms with van der Waals surface area (Å²) < 4.78 is 0. The Bertz CT molecular complexity index is 11.5. The van der Waals surface area contributed by atoms with Gasteiger partial charge in [-0.05, 0) is 0 Å². The first-order valence-electron chi connectivity index (χ1n) is 0.707. The predicted molar refractivity (Wildman–Crippen MR) is 16.8 cm³/mol. The molecule has 0 aliphatic heterocycles. The van der Waals surface area contributed by atoms with Crippen LogP contribution in [0.15, 0.2) is 0 Å². The maximum atomic E-state index is 3.25. The first-order chi connectivity index (χ1) is 1.00. The number of rotatable bonds is 0. The van der Waals surface area contributed by atoms with Crippen molar-refractivity contribution in [1.82, 2.24) is 0 Å². The van der Waals surface area contributed by atoms with E-state index >= 15 is 0 Å². The van der Waals surface area contributed by atoms with Gasteiger partial charge in [-0.2, -0.15) is 6.92 Å². The third-order valence-corrected chi connectivity index (χ3v) is 0. The van der Waals surface area contributed by atoms with Crippen LogP contribution in [0.3, 0.4) is 0 Å². The average molecular weight is 277 g/mol. The molecule has 4 heteroatoms. The molecule has 0 N–H and O–H groups in total. The van der Waals surface area contributed by atoms with Crippen molar-refractivity contribution < 1.29 is 51.0 Å². The summed E-state index contributed by atoms with van der Waals surface area (Å²) >= 11 is 0. The average Bonchev–Trinajstić information content (AvgIpc) is 1.00. The fourth-order valence-electron chi connectivity index (χ4n) is 0. The van der Waals surface area contributed by atoms with Crippen molar-refractivity contribution in [3.63, 3.8) is 0 Å². The van der Waals surface area contributed by atoms with Crippen molar-refractivity contribution in [3.8, 4) is 0 Å². The van der Waals surface area contributed by atoms with E-state index in [9.17, 15) is 0 Å². The molecular weight excluding hydrogens is 272 g/mol. The predicted octanol–water partition coefficient (Wildman–Crippen LogP) is -5.53. The van der Waals surface area contributed by atoms with E-state index in [1.54, 1.807) is 6.92 Å². The number of hydrogen-bond donors (Lipinski definition) is 0. The molecule has 0 fully saturated rings. The molecule has 0 saturated carbocycles. The van der Waals surface area contributed by atoms with E-state index in [2.05, 4.69) is 6.92 Å². The minimum atomic E-state index is 0. The molecule has 0 aromatic heterocycles. The third-order valence-electron chi connectivity index (χ3n) is 0. The van der Waals surface area contributed by atoms with Crippen LogP contribution < -0.4 is 34.0 Å². The van der Waals surface area contributed by atoms with Gasteiger partial charge in [0.05, 0.1) is 0 Å². The summed E-state index contributed by atoms with van der Waals surface area (Å²) in [6.45, 7) is 5.00. The second-order valence-corrected chi connectivity index (χ2v) is 0. The van der Waals surface area contributed by atoms with E-state index < -0.39 is 0 Å². The van der Waals surface area contributed by atoms with Crippen LogP contribution in [0.2, 0.25) is 0 Å². The van der Waals surface area contributed by atoms with E-state index in [0.717, 1.165) is 0 Å². The van der Waals surface area contributed by atoms with E-state index in [-0.39, 0.29) is 74.1 Å². The molecule has 0 aliphatic rings. The third kappa shape index (κ3) is 34.1. The van der Waals surface area contributed by atoms with Gasteiger partial charge in [0.25, 0.3) is 0 Å². The van der Waals surface area contributed by atoms with Gasteiger partial charge < -0.3 is 40.9 Å². The smallest absolute Gasteiger partial charge is 1.00 e. The van der Waals surface area contributed by atoms with Crippen molar-refractivity contribution in [3.05, 3.63) is 6.92 Å². The molecule has 0 aromatic rings. The molecule has 0 heterocycles. The Morgan fingerprint density at radius 3 is 1.00 bits per heavy atom. The van der Waals surface area contributed by atoms with Crippen LogP contribution in [-0.4, -0.2) is 23.1 Å². The standard InChI is InChI=1S/C2H5.2BrH.Cu.Mg/c1-2;;;;/h1H2,2H3;2*1H;;/q-1;;;+1;+2/p-2. The van der Waals surface area contributed by atoms with Gasteiger partial charge in [0.2, 0.25) is 0 Å². The van der Waals surface area contributed by atoms with Gasteiger partial charge in [0, 0.05) is 0 Å². The molecule has 0 amide bonds. The molecule has 0 aliphatic carbocycles. The van der Waals surface area contributed by atoms with E-state index in [0.29, 0.717) is 0 Å². The van der Waals surface area contributed by atoms with Gasteiger partial charge in [-0.25, -0.2) is 0 Å². The zero-order chi connectivity index (χ0) is 2.00. The molecule has 0 saturated heterocycles. The van der Waals surface area contributed by atoms with Gasteiger partial charge in [-0.1, -0.05) is 0 Å². The summed E-state index contributed by atoms with van der Waals surface area (Å²) in [6, 6.07) is 0. The molecule has 0 aromatic carbocycles. The summed E-state index contributed by atoms with van der Waals surface area (Å²) in [5.41, 5.74) is 0. The normalized spacial score (nSPS) is 1.00. The summed E-state index contributed by atoms with van der Waals surface area (Å²) in [7, 11) is 0. The molecule has 0 nitrogen and oxygen atoms in total. The minimum absolute atomic E-state index is 0. The van der Waals surface area contributed by atoms with Gasteiger partial charge in [-0.3, -0.25) is 0 Å². The van der Waals surface area contributed by atoms with Crippen molar-refractivity contribution in [1.29, 1.82) is 0 Å². The fourth-order valence-corrected chi connectivity index (χ4v) is 0. The molecule has 0 rings (SSSR count). The van der Waals surface area contributed by atoms with Crippen LogP contribution in [0.1, 0.15) is 6.92 Å². The maximum Gasteiger partial charge on any atom is 2.00 e. The van der Waals surface area contributed by atoms with Crippen molar-refractivity contribution in [2.45, 2.75) is 6.92 Å². The van der Waals surface area contributed by atoms with Crippen LogP contribution in [0, 0.1) is 6.92 Å². The van der Waals surface area contributed by atoms with Gasteiger partial charge in [-0.15, -0.1) is 0 Å². The fraction of sp³-hybridized carbons (Fsp3) is 0.500. The molecule has 0 spiro atoms. The molecule has 0 unspecified atom stereocenters. The van der Waals surface area contributed by atoms with Crippen molar-refractivity contribution in [2.75, 3.05) is 0 Å². The Morgan fingerprint density at radius 1 is 1.00 bits per heavy atom. The van der Waals surface area contributed by atoms with E-state index in [4.69, 9.17) is 0 Å². The first-order valence-corrected chi connectivity index (χ1v) is 0.707. The number of hydrogen-bond acceptors (Lipinski definition) is 0. The topological polar surface area (TPSA) is 0 Å². The van der Waals surface area contributed by atoms with Crippen LogP contribution in [0.4, 0.5) is 0 Å². The van der Waals surface area contributed by atoms with Gasteiger partial charge in [0.15, 0.2) is 0 Å². The Labute approximate surface area is 87.0 Å². The molecule has 0 radical (unpaired) electrons. The summed E-state index contributed by atoms with van der Waals surface area (Å²) in [5.74, 6) is 0. The van der Waals surface area contributed by atoms with Gasteiger partial charge >= 0.3 is 40.1 Å². The number of halogens is 2. The van der Waals surface area contributed by atoms with Crippen molar-refractivity contribution in [2.24, 2.45) is 0 Å². The Balaban J connectivity index is -0.000000000833. The Hall–Kier alpha value is 2.25. The summed E-state index contributed by atoms with van der Waals surface area (Å²) in [4.78, 5) is 0. The van der Waals surface area contributed by atoms with Crippen LogP contribution in [0.25, 0.3) is 0 Å². The van der Waals surface area contributed by atoms with E-state index in [1.165, 1.54) is 0 Å². The van der Waals surface area contributed by atoms with E-state index in [1.807, 2.05) is 0 Å². The summed E-state index contributed by atoms with van der Waals surface area (Å²) in [6.07, 6.45) is 0. The Morgan fingerprint density at radius 2 is 1.00 bits per heavy atom. The monoisotopic (exact) mass is 274 g/mol. The quantitative estimate of drug-likeness (QED) is 0.306. The zero-order valence-corrected chi connectivity index (χ0v) is 9.00.